The van der Waals surface area contributed by atoms with Gasteiger partial charge in [0.15, 0.2) is 5.16 Å². The number of likely N-dealkylation sites (N-methyl/N-ethyl adjacent to an activating group) is 1. The van der Waals surface area contributed by atoms with E-state index in [1.54, 1.807) is 0 Å². The van der Waals surface area contributed by atoms with E-state index >= 15 is 4.79 Å². The lowest BCUT2D eigenvalue weighted by Gasteiger charge is -2.28. The Bertz CT molecular complexity index is 2900. The van der Waals surface area contributed by atoms with Crippen molar-refractivity contribution in [2.75, 3.05) is 26.0 Å². The summed E-state index contributed by atoms with van der Waals surface area (Å²) in [5.74, 6) is -4.14. The highest BCUT2D eigenvalue weighted by molar-refractivity contribution is 7.98. The van der Waals surface area contributed by atoms with E-state index in [1.807, 2.05) is 0 Å². The molecule has 0 saturated heterocycles. The number of aromatic nitrogens is 2. The van der Waals surface area contributed by atoms with Crippen molar-refractivity contribution in [1.82, 2.24) is 19.4 Å². The Kier molecular flexibility index (Phi) is 4.94. The first-order valence-electron chi connectivity index (χ1n) is 26.0. The molecular formula is C37H40F4N4O2S. The molecule has 48 heavy (non-hydrogen) atoms. The fourth-order valence-corrected chi connectivity index (χ4v) is 4.83. The topological polar surface area (TPSA) is 58.4 Å². The molecule has 0 spiro atoms. The highest BCUT2D eigenvalue weighted by Crippen LogP contribution is 2.34. The van der Waals surface area contributed by atoms with Crippen LogP contribution in [0.5, 0.6) is 0 Å². The van der Waals surface area contributed by atoms with Gasteiger partial charge in [-0.1, -0.05) is 74.0 Å². The number of amides is 1. The second-order valence-corrected chi connectivity index (χ2v) is 10.4. The van der Waals surface area contributed by atoms with E-state index in [4.69, 9.17) is 26.0 Å². The fourth-order valence-electron chi connectivity index (χ4n) is 3.93. The van der Waals surface area contributed by atoms with Gasteiger partial charge in [0, 0.05) is 52.9 Å². The van der Waals surface area contributed by atoms with Gasteiger partial charge in [-0.3, -0.25) is 9.59 Å². The van der Waals surface area contributed by atoms with Crippen molar-refractivity contribution >= 4 is 17.7 Å². The molecule has 1 aliphatic carbocycles. The van der Waals surface area contributed by atoms with E-state index < -0.39 is 184 Å². The first-order chi connectivity index (χ1) is 32.5. The zero-order valence-corrected chi connectivity index (χ0v) is 25.9. The van der Waals surface area contributed by atoms with Crippen LogP contribution in [-0.4, -0.2) is 51.2 Å². The molecule has 0 radical (unpaired) electrons. The summed E-state index contributed by atoms with van der Waals surface area (Å²) >= 11 is 0.209. The Balaban J connectivity index is 1.97. The normalized spacial score (nSPS) is 25.4. The fraction of sp³-hybridized carbons (Fsp3) is 0.378. The molecule has 1 amide bonds. The average molecular weight is 706 g/mol. The maximum atomic E-state index is 15.5. The molecule has 4 aromatic rings. The first kappa shape index (κ1) is 15.3. The van der Waals surface area contributed by atoms with Gasteiger partial charge in [0.1, 0.15) is 12.3 Å². The van der Waals surface area contributed by atoms with E-state index in [0.717, 1.165) is 24.3 Å². The maximum Gasteiger partial charge on any atom is 0.416 e. The molecular weight excluding hydrogens is 640 g/mol. The molecule has 6 nitrogen and oxygen atoms in total. The van der Waals surface area contributed by atoms with Crippen molar-refractivity contribution in [3.05, 3.63) is 116 Å². The van der Waals surface area contributed by atoms with Crippen LogP contribution < -0.4 is 5.56 Å². The minimum atomic E-state index is -5.34. The Labute approximate surface area is 317 Å². The molecule has 1 aliphatic rings. The predicted molar refractivity (Wildman–Crippen MR) is 181 cm³/mol. The van der Waals surface area contributed by atoms with Crippen LogP contribution in [-0.2, 0) is 42.5 Å². The summed E-state index contributed by atoms with van der Waals surface area (Å²) in [6.07, 6.45) is -16.9. The molecule has 0 aliphatic heterocycles. The number of fused-ring (bicyclic) bond motifs is 1. The molecule has 11 heteroatoms. The van der Waals surface area contributed by atoms with E-state index in [9.17, 15) is 30.6 Å². The van der Waals surface area contributed by atoms with Crippen molar-refractivity contribution in [3.63, 3.8) is 0 Å². The lowest BCUT2D eigenvalue weighted by Crippen LogP contribution is -2.40. The van der Waals surface area contributed by atoms with Gasteiger partial charge in [-0.05, 0) is 85.0 Å². The highest BCUT2D eigenvalue weighted by atomic mass is 32.2. The van der Waals surface area contributed by atoms with Crippen LogP contribution in [0.25, 0.3) is 11.1 Å². The lowest BCUT2D eigenvalue weighted by atomic mass is 9.98. The summed E-state index contributed by atoms with van der Waals surface area (Å²) in [4.78, 5) is 31.1. The number of hydrogen-bond acceptors (Lipinski definition) is 5. The molecule has 0 saturated carbocycles. The molecule has 1 heterocycles. The number of hydrogen-bond donors (Lipinski definition) is 0. The SMILES string of the molecule is [2H]c1c([2H])c(C([2H])([2H])N(C(=O)C([2H])([2H])n2c(SCc3ccc(F)cc3)nc(=O)c3c2C([2H])([2H])C([2H])([2H])C3([2H])[2H])C([2H])([2H])C([2H])([2H])N(C([2H])([2H])C)C([2H])([2H])C)c([2H])c([2H])c1-c1c([2H])c([2H])c(C(F)(F)F)c(C)c1[2H]. The summed E-state index contributed by atoms with van der Waals surface area (Å²) in [5, 5.41) is -1.18. The number of nitrogens with zero attached hydrogens (tertiary/aromatic N) is 4. The molecule has 3 aromatic carbocycles. The van der Waals surface area contributed by atoms with E-state index in [2.05, 4.69) is 4.98 Å². The van der Waals surface area contributed by atoms with Crippen molar-refractivity contribution in [3.8, 4) is 11.1 Å². The summed E-state index contributed by atoms with van der Waals surface area (Å²) in [6, 6.07) is -6.86. The van der Waals surface area contributed by atoms with Crippen LogP contribution in [0.2, 0.25) is 0 Å². The molecule has 1 aromatic heterocycles. The van der Waals surface area contributed by atoms with Gasteiger partial charge in [-0.15, -0.1) is 0 Å². The number of rotatable bonds is 13. The van der Waals surface area contributed by atoms with E-state index in [0.29, 0.717) is 20.8 Å². The minimum Gasteiger partial charge on any atom is -0.336 e. The van der Waals surface area contributed by atoms with Gasteiger partial charge in [0.05, 0.1) is 23.4 Å². The number of halogens is 4. The molecule has 254 valence electrons. The monoisotopic (exact) mass is 705 g/mol. The van der Waals surface area contributed by atoms with Crippen molar-refractivity contribution in [2.24, 2.45) is 0 Å². The Morgan fingerprint density at radius 2 is 1.71 bits per heavy atom. The molecule has 0 N–H and O–H groups in total. The third-order valence-corrected chi connectivity index (χ3v) is 7.24. The van der Waals surface area contributed by atoms with Crippen LogP contribution in [0.4, 0.5) is 17.6 Å². The number of benzene rings is 3. The zero-order valence-electron chi connectivity index (χ0n) is 50.0. The Hall–Kier alpha value is -3.96. The summed E-state index contributed by atoms with van der Waals surface area (Å²) < 4.78 is 275. The molecule has 0 fully saturated rings. The molecule has 0 atom stereocenters. The van der Waals surface area contributed by atoms with Crippen molar-refractivity contribution < 1.29 is 56.6 Å². The van der Waals surface area contributed by atoms with Gasteiger partial charge < -0.3 is 14.4 Å². The van der Waals surface area contributed by atoms with Gasteiger partial charge in [0.2, 0.25) is 5.91 Å². The second-order valence-electron chi connectivity index (χ2n) is 9.42. The third kappa shape index (κ3) is 8.54. The summed E-state index contributed by atoms with van der Waals surface area (Å²) in [6.45, 7) is -23.8. The maximum absolute atomic E-state index is 15.5. The molecule has 0 unspecified atom stereocenters. The van der Waals surface area contributed by atoms with Crippen LogP contribution in [0.3, 0.4) is 0 Å². The number of thioether (sulfide) groups is 1. The standard InChI is InChI=1S/C37H40F4N4O2S/c1-4-43(5-2)19-20-44(22-26-9-13-28(14-10-26)29-15-18-32(25(3)21-29)37(39,40)41)34(46)23-45-33-8-6-7-31(33)35(47)42-36(45)48-24-27-11-16-30(38)17-12-27/h9-18,21H,4-8,19-20,22-24H2,1-3H3/i4D2,5D2,6D2,7D2,8D2,9D,10D,13D,14D,15D,18D,19D2,20D2,21D,22D2,23D2. The van der Waals surface area contributed by atoms with Gasteiger partial charge in [-0.2, -0.15) is 18.2 Å². The van der Waals surface area contributed by atoms with Crippen LogP contribution in [0.1, 0.15) is 88.0 Å². The largest absolute Gasteiger partial charge is 0.416 e. The second kappa shape index (κ2) is 15.5. The van der Waals surface area contributed by atoms with Gasteiger partial charge in [0.25, 0.3) is 5.56 Å². The smallest absolute Gasteiger partial charge is 0.336 e. The first-order valence-corrected chi connectivity index (χ1v) is 14.5. The Morgan fingerprint density at radius 3 is 2.38 bits per heavy atom. The van der Waals surface area contributed by atoms with E-state index in [1.165, 1.54) is 0 Å². The number of alkyl halides is 3. The molecule has 0 bridgehead atoms. The van der Waals surface area contributed by atoms with Gasteiger partial charge >= 0.3 is 6.18 Å². The van der Waals surface area contributed by atoms with E-state index in [-0.39, 0.29) is 21.9 Å². The Morgan fingerprint density at radius 1 is 1.02 bits per heavy atom. The quantitative estimate of drug-likeness (QED) is 0.0819. The lowest BCUT2D eigenvalue weighted by molar-refractivity contribution is -0.138. The number of carbonyl (C=O) groups excluding carboxylic acids is 1. The van der Waals surface area contributed by atoms with Gasteiger partial charge in [-0.25, -0.2) is 4.39 Å². The van der Waals surface area contributed by atoms with Crippen molar-refractivity contribution in [1.29, 1.82) is 0 Å². The van der Waals surface area contributed by atoms with Crippen LogP contribution in [0, 0.1) is 12.7 Å². The summed E-state index contributed by atoms with van der Waals surface area (Å²) in [5.41, 5.74) is -12.0. The predicted octanol–water partition coefficient (Wildman–Crippen LogP) is 7.53. The van der Waals surface area contributed by atoms with Crippen LogP contribution >= 0.6 is 11.8 Å². The minimum absolute atomic E-state index is 0.130. The average Bonchev–Trinajstić information content (AvgIpc) is 3.31. The summed E-state index contributed by atoms with van der Waals surface area (Å²) in [7, 11) is 0. The van der Waals surface area contributed by atoms with Crippen molar-refractivity contribution in [2.45, 2.75) is 70.0 Å². The number of carbonyl (C=O) groups is 1. The molecule has 5 rings (SSSR count). The van der Waals surface area contributed by atoms with Crippen LogP contribution in [0.15, 0.2) is 76.5 Å². The highest BCUT2D eigenvalue weighted by Gasteiger charge is 2.32. The zero-order chi connectivity index (χ0) is 56.7. The third-order valence-electron chi connectivity index (χ3n) is 6.23.